The van der Waals surface area contributed by atoms with Crippen LogP contribution in [0.25, 0.3) is 0 Å². The van der Waals surface area contributed by atoms with E-state index in [1.54, 1.807) is 0 Å². The maximum absolute atomic E-state index is 12.2. The maximum atomic E-state index is 12.2. The number of aromatic nitrogens is 1. The highest BCUT2D eigenvalue weighted by molar-refractivity contribution is 5.83. The number of nitrogens with zero attached hydrogens (tertiary/aromatic N) is 2. The summed E-state index contributed by atoms with van der Waals surface area (Å²) in [6, 6.07) is 4.07. The van der Waals surface area contributed by atoms with E-state index in [0.29, 0.717) is 25.9 Å². The summed E-state index contributed by atoms with van der Waals surface area (Å²) in [6.07, 6.45) is 4.95. The summed E-state index contributed by atoms with van der Waals surface area (Å²) in [5.74, 6) is 0.213. The van der Waals surface area contributed by atoms with Crippen LogP contribution in [-0.2, 0) is 23.1 Å². The summed E-state index contributed by atoms with van der Waals surface area (Å²) >= 11 is 0. The molecular formula is C16H25N3O2. The molecule has 0 saturated carbocycles. The molecule has 1 N–H and O–H groups in total. The molecule has 5 nitrogen and oxygen atoms in total. The number of aryl methyl sites for hydroxylation is 1. The Hall–Kier alpha value is -1.78. The molecular weight excluding hydrogens is 266 g/mol. The first-order valence-corrected chi connectivity index (χ1v) is 7.77. The summed E-state index contributed by atoms with van der Waals surface area (Å²) < 4.78 is 2.06. The van der Waals surface area contributed by atoms with Crippen molar-refractivity contribution in [1.82, 2.24) is 14.8 Å². The zero-order valence-corrected chi connectivity index (χ0v) is 13.0. The van der Waals surface area contributed by atoms with Crippen LogP contribution in [0.5, 0.6) is 0 Å². The highest BCUT2D eigenvalue weighted by Crippen LogP contribution is 2.18. The SMILES string of the molecule is CCCN1C[C@H](C(=O)NCCc2cccn2C)CCC1=O. The van der Waals surface area contributed by atoms with E-state index in [1.807, 2.05) is 24.2 Å². The topological polar surface area (TPSA) is 54.3 Å². The second-order valence-electron chi connectivity index (χ2n) is 5.73. The first-order valence-electron chi connectivity index (χ1n) is 7.77. The summed E-state index contributed by atoms with van der Waals surface area (Å²) in [4.78, 5) is 25.8. The van der Waals surface area contributed by atoms with Gasteiger partial charge in [-0.1, -0.05) is 6.92 Å². The number of carbonyl (C=O) groups excluding carboxylic acids is 2. The molecule has 0 spiro atoms. The summed E-state index contributed by atoms with van der Waals surface area (Å²) in [5.41, 5.74) is 1.21. The molecule has 116 valence electrons. The quantitative estimate of drug-likeness (QED) is 0.860. The van der Waals surface area contributed by atoms with Gasteiger partial charge in [-0.25, -0.2) is 0 Å². The van der Waals surface area contributed by atoms with E-state index in [-0.39, 0.29) is 17.7 Å². The van der Waals surface area contributed by atoms with Crippen LogP contribution in [-0.4, -0.2) is 40.9 Å². The Morgan fingerprint density at radius 2 is 2.29 bits per heavy atom. The number of hydrogen-bond donors (Lipinski definition) is 1. The molecule has 5 heteroatoms. The Bertz CT molecular complexity index is 495. The number of carbonyl (C=O) groups is 2. The molecule has 21 heavy (non-hydrogen) atoms. The van der Waals surface area contributed by atoms with Crippen molar-refractivity contribution >= 4 is 11.8 Å². The first-order chi connectivity index (χ1) is 10.1. The summed E-state index contributed by atoms with van der Waals surface area (Å²) in [6.45, 7) is 4.03. The molecule has 2 amide bonds. The van der Waals surface area contributed by atoms with Gasteiger partial charge in [0.2, 0.25) is 11.8 Å². The molecule has 2 rings (SSSR count). The molecule has 0 bridgehead atoms. The number of piperidine rings is 1. The van der Waals surface area contributed by atoms with Crippen LogP contribution >= 0.6 is 0 Å². The number of rotatable bonds is 6. The van der Waals surface area contributed by atoms with Crippen molar-refractivity contribution in [3.05, 3.63) is 24.0 Å². The van der Waals surface area contributed by atoms with Crippen molar-refractivity contribution in [3.8, 4) is 0 Å². The molecule has 1 aromatic rings. The van der Waals surface area contributed by atoms with E-state index in [0.717, 1.165) is 19.4 Å². The van der Waals surface area contributed by atoms with Gasteiger partial charge in [0.25, 0.3) is 0 Å². The van der Waals surface area contributed by atoms with Crippen LogP contribution in [0.1, 0.15) is 31.9 Å². The third-order valence-electron chi connectivity index (χ3n) is 4.10. The first kappa shape index (κ1) is 15.6. The van der Waals surface area contributed by atoms with Gasteiger partial charge in [0.05, 0.1) is 5.92 Å². The van der Waals surface area contributed by atoms with Crippen LogP contribution < -0.4 is 5.32 Å². The van der Waals surface area contributed by atoms with Crippen LogP contribution in [0.15, 0.2) is 18.3 Å². The third-order valence-corrected chi connectivity index (χ3v) is 4.10. The lowest BCUT2D eigenvalue weighted by atomic mass is 9.96. The molecule has 0 unspecified atom stereocenters. The average Bonchev–Trinajstić information content (AvgIpc) is 2.87. The van der Waals surface area contributed by atoms with Gasteiger partial charge < -0.3 is 14.8 Å². The molecule has 1 aromatic heterocycles. The van der Waals surface area contributed by atoms with Gasteiger partial charge in [0.1, 0.15) is 0 Å². The highest BCUT2D eigenvalue weighted by Gasteiger charge is 2.29. The molecule has 1 aliphatic heterocycles. The zero-order chi connectivity index (χ0) is 15.2. The van der Waals surface area contributed by atoms with Gasteiger partial charge in [-0.15, -0.1) is 0 Å². The molecule has 1 atom stereocenters. The summed E-state index contributed by atoms with van der Waals surface area (Å²) in [5, 5.41) is 3.01. The Morgan fingerprint density at radius 3 is 2.95 bits per heavy atom. The van der Waals surface area contributed by atoms with Gasteiger partial charge >= 0.3 is 0 Å². The molecule has 1 fully saturated rings. The minimum atomic E-state index is -0.0531. The number of hydrogen-bond acceptors (Lipinski definition) is 2. The largest absolute Gasteiger partial charge is 0.355 e. The Labute approximate surface area is 126 Å². The lowest BCUT2D eigenvalue weighted by molar-refractivity contribution is -0.138. The van der Waals surface area contributed by atoms with Crippen LogP contribution in [0.2, 0.25) is 0 Å². The molecule has 0 aliphatic carbocycles. The fourth-order valence-corrected chi connectivity index (χ4v) is 2.83. The van der Waals surface area contributed by atoms with E-state index >= 15 is 0 Å². The van der Waals surface area contributed by atoms with E-state index < -0.39 is 0 Å². The van der Waals surface area contributed by atoms with Gasteiger partial charge in [0.15, 0.2) is 0 Å². The average molecular weight is 291 g/mol. The number of likely N-dealkylation sites (tertiary alicyclic amines) is 1. The third kappa shape index (κ3) is 4.09. The van der Waals surface area contributed by atoms with Gasteiger partial charge in [0, 0.05) is 51.4 Å². The van der Waals surface area contributed by atoms with Crippen LogP contribution in [0.3, 0.4) is 0 Å². The molecule has 0 radical (unpaired) electrons. The minimum Gasteiger partial charge on any atom is -0.355 e. The fourth-order valence-electron chi connectivity index (χ4n) is 2.83. The van der Waals surface area contributed by atoms with Crippen molar-refractivity contribution in [1.29, 1.82) is 0 Å². The summed E-state index contributed by atoms with van der Waals surface area (Å²) in [7, 11) is 2.01. The molecule has 0 aromatic carbocycles. The zero-order valence-electron chi connectivity index (χ0n) is 13.0. The van der Waals surface area contributed by atoms with Crippen molar-refractivity contribution in [2.75, 3.05) is 19.6 Å². The van der Waals surface area contributed by atoms with E-state index in [1.165, 1.54) is 5.69 Å². The molecule has 2 heterocycles. The molecule has 1 aliphatic rings. The van der Waals surface area contributed by atoms with E-state index in [2.05, 4.69) is 22.9 Å². The highest BCUT2D eigenvalue weighted by atomic mass is 16.2. The fraction of sp³-hybridized carbons (Fsp3) is 0.625. The van der Waals surface area contributed by atoms with Crippen molar-refractivity contribution in [3.63, 3.8) is 0 Å². The molecule has 1 saturated heterocycles. The smallest absolute Gasteiger partial charge is 0.224 e. The Kier molecular flexibility index (Phi) is 5.42. The van der Waals surface area contributed by atoms with Crippen molar-refractivity contribution in [2.24, 2.45) is 13.0 Å². The Morgan fingerprint density at radius 1 is 1.48 bits per heavy atom. The minimum absolute atomic E-state index is 0.0531. The lowest BCUT2D eigenvalue weighted by Gasteiger charge is -2.31. The normalized spacial score (nSPS) is 18.9. The maximum Gasteiger partial charge on any atom is 0.224 e. The van der Waals surface area contributed by atoms with E-state index in [9.17, 15) is 9.59 Å². The number of nitrogens with one attached hydrogen (secondary N) is 1. The number of amides is 2. The lowest BCUT2D eigenvalue weighted by Crippen LogP contribution is -2.46. The van der Waals surface area contributed by atoms with Crippen molar-refractivity contribution in [2.45, 2.75) is 32.6 Å². The monoisotopic (exact) mass is 291 g/mol. The standard InChI is InChI=1S/C16H25N3O2/c1-3-10-19-12-13(6-7-15(19)20)16(21)17-9-8-14-5-4-11-18(14)2/h4-5,11,13H,3,6-10,12H2,1-2H3,(H,17,21)/t13-/m1/s1. The van der Waals surface area contributed by atoms with Crippen LogP contribution in [0.4, 0.5) is 0 Å². The van der Waals surface area contributed by atoms with Gasteiger partial charge in [-0.3, -0.25) is 9.59 Å². The Balaban J connectivity index is 1.78. The van der Waals surface area contributed by atoms with Crippen molar-refractivity contribution < 1.29 is 9.59 Å². The van der Waals surface area contributed by atoms with E-state index in [4.69, 9.17) is 0 Å². The van der Waals surface area contributed by atoms with Gasteiger partial charge in [-0.2, -0.15) is 0 Å². The predicted octanol–water partition coefficient (Wildman–Crippen LogP) is 1.33. The second-order valence-corrected chi connectivity index (χ2v) is 5.73. The predicted molar refractivity (Wildman–Crippen MR) is 81.7 cm³/mol. The second kappa shape index (κ2) is 7.29. The van der Waals surface area contributed by atoms with Crippen LogP contribution in [0, 0.1) is 5.92 Å². The van der Waals surface area contributed by atoms with Gasteiger partial charge in [-0.05, 0) is 25.0 Å².